The van der Waals surface area contributed by atoms with Gasteiger partial charge in [-0.25, -0.2) is 14.8 Å². The van der Waals surface area contributed by atoms with Gasteiger partial charge in [-0.05, 0) is 31.5 Å². The summed E-state index contributed by atoms with van der Waals surface area (Å²) in [6.07, 6.45) is 0.816. The van der Waals surface area contributed by atoms with Gasteiger partial charge in [-0.1, -0.05) is 18.5 Å². The summed E-state index contributed by atoms with van der Waals surface area (Å²) in [6.45, 7) is 3.84. The van der Waals surface area contributed by atoms with Crippen molar-refractivity contribution in [1.29, 1.82) is 0 Å². The highest BCUT2D eigenvalue weighted by Crippen LogP contribution is 2.23. The van der Waals surface area contributed by atoms with E-state index in [0.29, 0.717) is 17.3 Å². The maximum Gasteiger partial charge on any atom is 0.337 e. The van der Waals surface area contributed by atoms with Gasteiger partial charge in [0.05, 0.1) is 10.6 Å². The summed E-state index contributed by atoms with van der Waals surface area (Å²) < 4.78 is 0. The van der Waals surface area contributed by atoms with Gasteiger partial charge in [0, 0.05) is 17.4 Å². The molecule has 2 rings (SSSR count). The SMILES string of the molecule is CCc1cc(Nc2ccc(C(=O)O)c(Cl)c2)nc(C)n1. The monoisotopic (exact) mass is 291 g/mol. The average Bonchev–Trinajstić information content (AvgIpc) is 2.37. The third-order valence-corrected chi connectivity index (χ3v) is 3.04. The van der Waals surface area contributed by atoms with E-state index in [-0.39, 0.29) is 10.6 Å². The van der Waals surface area contributed by atoms with Crippen LogP contribution in [0.1, 0.15) is 28.8 Å². The Balaban J connectivity index is 2.28. The molecule has 6 heteroatoms. The molecule has 0 amide bonds. The van der Waals surface area contributed by atoms with Crippen LogP contribution in [0.4, 0.5) is 11.5 Å². The average molecular weight is 292 g/mol. The fraction of sp³-hybridized carbons (Fsp3) is 0.214. The molecule has 0 aliphatic carbocycles. The quantitative estimate of drug-likeness (QED) is 0.902. The lowest BCUT2D eigenvalue weighted by atomic mass is 10.2. The van der Waals surface area contributed by atoms with Crippen LogP contribution in [-0.4, -0.2) is 21.0 Å². The molecule has 1 heterocycles. The third kappa shape index (κ3) is 3.24. The van der Waals surface area contributed by atoms with Crippen LogP contribution in [0, 0.1) is 6.92 Å². The van der Waals surface area contributed by atoms with E-state index in [1.807, 2.05) is 19.9 Å². The van der Waals surface area contributed by atoms with Gasteiger partial charge in [-0.15, -0.1) is 0 Å². The van der Waals surface area contributed by atoms with Gasteiger partial charge in [0.25, 0.3) is 0 Å². The molecule has 2 aromatic rings. The molecule has 0 saturated heterocycles. The molecular weight excluding hydrogens is 278 g/mol. The standard InChI is InChI=1S/C14H14ClN3O2/c1-3-9-7-13(17-8(2)16-9)18-10-4-5-11(14(19)20)12(15)6-10/h4-7H,3H2,1-2H3,(H,19,20)(H,16,17,18). The molecule has 0 bridgehead atoms. The van der Waals surface area contributed by atoms with E-state index in [1.165, 1.54) is 6.07 Å². The van der Waals surface area contributed by atoms with Crippen molar-refractivity contribution in [3.63, 3.8) is 0 Å². The summed E-state index contributed by atoms with van der Waals surface area (Å²) in [5, 5.41) is 12.2. The zero-order chi connectivity index (χ0) is 14.7. The fourth-order valence-corrected chi connectivity index (χ4v) is 2.05. The molecule has 104 valence electrons. The maximum atomic E-state index is 10.9. The van der Waals surface area contributed by atoms with Crippen LogP contribution >= 0.6 is 11.6 Å². The number of nitrogens with one attached hydrogen (secondary N) is 1. The van der Waals surface area contributed by atoms with Crippen LogP contribution in [-0.2, 0) is 6.42 Å². The van der Waals surface area contributed by atoms with Crippen molar-refractivity contribution in [2.24, 2.45) is 0 Å². The van der Waals surface area contributed by atoms with Gasteiger partial charge in [0.2, 0.25) is 0 Å². The molecule has 0 spiro atoms. The third-order valence-electron chi connectivity index (χ3n) is 2.73. The topological polar surface area (TPSA) is 75.1 Å². The summed E-state index contributed by atoms with van der Waals surface area (Å²) in [4.78, 5) is 19.5. The first-order chi connectivity index (χ1) is 9.49. The molecule has 0 saturated carbocycles. The molecule has 1 aromatic carbocycles. The Morgan fingerprint density at radius 3 is 2.70 bits per heavy atom. The second-order valence-corrected chi connectivity index (χ2v) is 4.68. The van der Waals surface area contributed by atoms with E-state index < -0.39 is 5.97 Å². The maximum absolute atomic E-state index is 10.9. The zero-order valence-corrected chi connectivity index (χ0v) is 11.9. The van der Waals surface area contributed by atoms with E-state index in [4.69, 9.17) is 16.7 Å². The fourth-order valence-electron chi connectivity index (χ4n) is 1.79. The minimum Gasteiger partial charge on any atom is -0.478 e. The number of rotatable bonds is 4. The number of carboxylic acid groups (broad SMARTS) is 1. The lowest BCUT2D eigenvalue weighted by Gasteiger charge is -2.09. The number of aryl methyl sites for hydroxylation is 2. The number of hydrogen-bond donors (Lipinski definition) is 2. The highest BCUT2D eigenvalue weighted by atomic mass is 35.5. The van der Waals surface area contributed by atoms with Gasteiger partial charge in [0.1, 0.15) is 11.6 Å². The van der Waals surface area contributed by atoms with E-state index >= 15 is 0 Å². The number of carboxylic acids is 1. The molecule has 0 fully saturated rings. The van der Waals surface area contributed by atoms with Gasteiger partial charge in [-0.3, -0.25) is 0 Å². The molecule has 0 atom stereocenters. The second-order valence-electron chi connectivity index (χ2n) is 4.27. The van der Waals surface area contributed by atoms with Gasteiger partial charge in [0.15, 0.2) is 0 Å². The lowest BCUT2D eigenvalue weighted by Crippen LogP contribution is -2.02. The van der Waals surface area contributed by atoms with Gasteiger partial charge < -0.3 is 10.4 Å². The van der Waals surface area contributed by atoms with Gasteiger partial charge >= 0.3 is 5.97 Å². The van der Waals surface area contributed by atoms with E-state index in [0.717, 1.165) is 12.1 Å². The molecule has 0 unspecified atom stereocenters. The first kappa shape index (κ1) is 14.3. The molecule has 2 N–H and O–H groups in total. The van der Waals surface area contributed by atoms with Crippen molar-refractivity contribution < 1.29 is 9.90 Å². The minimum atomic E-state index is -1.05. The molecule has 1 aromatic heterocycles. The molecule has 20 heavy (non-hydrogen) atoms. The molecule has 0 radical (unpaired) electrons. The van der Waals surface area contributed by atoms with Crippen molar-refractivity contribution in [3.05, 3.63) is 46.4 Å². The number of halogens is 1. The molecular formula is C14H14ClN3O2. The number of aromatic carboxylic acids is 1. The molecule has 0 aliphatic rings. The highest BCUT2D eigenvalue weighted by molar-refractivity contribution is 6.33. The first-order valence-corrected chi connectivity index (χ1v) is 6.52. The Kier molecular flexibility index (Phi) is 4.20. The summed E-state index contributed by atoms with van der Waals surface area (Å²) >= 11 is 5.93. The predicted molar refractivity (Wildman–Crippen MR) is 77.8 cm³/mol. The molecule has 5 nitrogen and oxygen atoms in total. The van der Waals surface area contributed by atoms with E-state index in [1.54, 1.807) is 12.1 Å². The lowest BCUT2D eigenvalue weighted by molar-refractivity contribution is 0.0697. The van der Waals surface area contributed by atoms with Crippen molar-refractivity contribution in [2.75, 3.05) is 5.32 Å². The van der Waals surface area contributed by atoms with E-state index in [2.05, 4.69) is 15.3 Å². The Labute approximate surface area is 121 Å². The number of hydrogen-bond acceptors (Lipinski definition) is 4. The Morgan fingerprint density at radius 2 is 2.10 bits per heavy atom. The highest BCUT2D eigenvalue weighted by Gasteiger charge is 2.09. The second kappa shape index (κ2) is 5.88. The number of nitrogens with zero attached hydrogens (tertiary/aromatic N) is 2. The smallest absolute Gasteiger partial charge is 0.337 e. The number of benzene rings is 1. The summed E-state index contributed by atoms with van der Waals surface area (Å²) in [6, 6.07) is 6.53. The largest absolute Gasteiger partial charge is 0.478 e. The Morgan fingerprint density at radius 1 is 1.35 bits per heavy atom. The Bertz CT molecular complexity index is 659. The zero-order valence-electron chi connectivity index (χ0n) is 11.1. The van der Waals surface area contributed by atoms with Crippen molar-refractivity contribution in [2.45, 2.75) is 20.3 Å². The summed E-state index contributed by atoms with van der Waals surface area (Å²) in [7, 11) is 0. The van der Waals surface area contributed by atoms with Crippen LogP contribution in [0.15, 0.2) is 24.3 Å². The first-order valence-electron chi connectivity index (χ1n) is 6.14. The van der Waals surface area contributed by atoms with Crippen molar-refractivity contribution >= 4 is 29.1 Å². The predicted octanol–water partition coefficient (Wildman–Crippen LogP) is 3.44. The number of carbonyl (C=O) groups is 1. The summed E-state index contributed by atoms with van der Waals surface area (Å²) in [5.41, 5.74) is 1.69. The minimum absolute atomic E-state index is 0.0744. The van der Waals surface area contributed by atoms with E-state index in [9.17, 15) is 4.79 Å². The number of anilines is 2. The normalized spacial score (nSPS) is 10.3. The van der Waals surface area contributed by atoms with Crippen LogP contribution in [0.3, 0.4) is 0 Å². The van der Waals surface area contributed by atoms with Crippen molar-refractivity contribution in [3.8, 4) is 0 Å². The number of aromatic nitrogens is 2. The van der Waals surface area contributed by atoms with Gasteiger partial charge in [-0.2, -0.15) is 0 Å². The van der Waals surface area contributed by atoms with Crippen LogP contribution in [0.25, 0.3) is 0 Å². The van der Waals surface area contributed by atoms with Crippen LogP contribution in [0.2, 0.25) is 5.02 Å². The molecule has 0 aliphatic heterocycles. The van der Waals surface area contributed by atoms with Crippen LogP contribution in [0.5, 0.6) is 0 Å². The Hall–Kier alpha value is -2.14. The summed E-state index contributed by atoms with van der Waals surface area (Å²) in [5.74, 6) is 0.293. The van der Waals surface area contributed by atoms with Crippen molar-refractivity contribution in [1.82, 2.24) is 9.97 Å². The van der Waals surface area contributed by atoms with Crippen LogP contribution < -0.4 is 5.32 Å².